The maximum atomic E-state index is 12.0. The quantitative estimate of drug-likeness (QED) is 0.708. The molecule has 2 aromatic heterocycles. The minimum absolute atomic E-state index is 0.0759. The van der Waals surface area contributed by atoms with E-state index in [1.54, 1.807) is 21.8 Å². The predicted molar refractivity (Wildman–Crippen MR) is 99.0 cm³/mol. The lowest BCUT2D eigenvalue weighted by Crippen LogP contribution is -2.14. The summed E-state index contributed by atoms with van der Waals surface area (Å²) in [5.41, 5.74) is 3.87. The predicted octanol–water partition coefficient (Wildman–Crippen LogP) is 3.07. The van der Waals surface area contributed by atoms with E-state index in [0.717, 1.165) is 17.0 Å². The van der Waals surface area contributed by atoms with Crippen molar-refractivity contribution in [2.24, 2.45) is 0 Å². The van der Waals surface area contributed by atoms with E-state index in [1.807, 2.05) is 45.2 Å². The summed E-state index contributed by atoms with van der Waals surface area (Å²) in [4.78, 5) is 12.0. The maximum Gasteiger partial charge on any atom is 0.226 e. The van der Waals surface area contributed by atoms with Gasteiger partial charge < -0.3 is 10.1 Å². The second kappa shape index (κ2) is 7.86. The smallest absolute Gasteiger partial charge is 0.226 e. The van der Waals surface area contributed by atoms with Crippen LogP contribution in [0.15, 0.2) is 42.9 Å². The van der Waals surface area contributed by atoms with Crippen molar-refractivity contribution in [2.45, 2.75) is 40.5 Å². The fraction of sp³-hybridized carbons (Fsp3) is 0.316. The van der Waals surface area contributed by atoms with Crippen LogP contribution in [0, 0.1) is 20.8 Å². The van der Waals surface area contributed by atoms with Gasteiger partial charge in [0.05, 0.1) is 23.8 Å². The van der Waals surface area contributed by atoms with Crippen molar-refractivity contribution in [1.82, 2.24) is 19.6 Å². The van der Waals surface area contributed by atoms with E-state index in [-0.39, 0.29) is 12.6 Å². The number of ether oxygens (including phenoxy) is 1. The molecule has 1 aromatic carbocycles. The highest BCUT2D eigenvalue weighted by molar-refractivity contribution is 5.90. The van der Waals surface area contributed by atoms with Gasteiger partial charge in [0.15, 0.2) is 6.73 Å². The Morgan fingerprint density at radius 1 is 1.19 bits per heavy atom. The molecule has 0 aliphatic carbocycles. The average molecular weight is 353 g/mol. The van der Waals surface area contributed by atoms with E-state index in [1.165, 1.54) is 5.56 Å². The van der Waals surface area contributed by atoms with Gasteiger partial charge in [-0.25, -0.2) is 4.68 Å². The number of hydrogen-bond acceptors (Lipinski definition) is 4. The SMILES string of the molecule is Cc1ccc(OCn2cc(NC(=O)CCn3ccc(C)n3)cn2)c(C)c1. The molecule has 0 bridgehead atoms. The van der Waals surface area contributed by atoms with Crippen LogP contribution < -0.4 is 10.1 Å². The number of benzene rings is 1. The molecule has 7 heteroatoms. The number of aryl methyl sites for hydroxylation is 4. The minimum atomic E-state index is -0.0759. The lowest BCUT2D eigenvalue weighted by molar-refractivity contribution is -0.116. The van der Waals surface area contributed by atoms with Gasteiger partial charge in [0.25, 0.3) is 0 Å². The number of aromatic nitrogens is 4. The number of carbonyl (C=O) groups excluding carboxylic acids is 1. The molecule has 3 aromatic rings. The Kier molecular flexibility index (Phi) is 5.36. The zero-order chi connectivity index (χ0) is 18.5. The van der Waals surface area contributed by atoms with Gasteiger partial charge in [-0.15, -0.1) is 0 Å². The van der Waals surface area contributed by atoms with E-state index in [0.29, 0.717) is 18.7 Å². The molecular weight excluding hydrogens is 330 g/mol. The Labute approximate surface area is 152 Å². The number of carbonyl (C=O) groups is 1. The van der Waals surface area contributed by atoms with Gasteiger partial charge in [0.1, 0.15) is 5.75 Å². The normalized spacial score (nSPS) is 10.7. The number of nitrogens with one attached hydrogen (secondary N) is 1. The van der Waals surface area contributed by atoms with Crippen LogP contribution in [-0.4, -0.2) is 25.5 Å². The van der Waals surface area contributed by atoms with Crippen LogP contribution in [-0.2, 0) is 18.1 Å². The third kappa shape index (κ3) is 4.72. The molecule has 26 heavy (non-hydrogen) atoms. The van der Waals surface area contributed by atoms with Crippen molar-refractivity contribution in [3.05, 3.63) is 59.7 Å². The fourth-order valence-corrected chi connectivity index (χ4v) is 2.62. The molecule has 0 aliphatic heterocycles. The van der Waals surface area contributed by atoms with Crippen molar-refractivity contribution >= 4 is 11.6 Å². The van der Waals surface area contributed by atoms with Crippen molar-refractivity contribution in [3.8, 4) is 5.75 Å². The lowest BCUT2D eigenvalue weighted by Gasteiger charge is -2.09. The summed E-state index contributed by atoms with van der Waals surface area (Å²) in [5.74, 6) is 0.749. The van der Waals surface area contributed by atoms with E-state index >= 15 is 0 Å². The minimum Gasteiger partial charge on any atom is -0.471 e. The maximum absolute atomic E-state index is 12.0. The molecule has 0 unspecified atom stereocenters. The third-order valence-electron chi connectivity index (χ3n) is 3.94. The van der Waals surface area contributed by atoms with Crippen molar-refractivity contribution in [1.29, 1.82) is 0 Å². The molecule has 0 saturated heterocycles. The van der Waals surface area contributed by atoms with Crippen LogP contribution in [0.4, 0.5) is 5.69 Å². The van der Waals surface area contributed by atoms with Crippen LogP contribution >= 0.6 is 0 Å². The fourth-order valence-electron chi connectivity index (χ4n) is 2.62. The summed E-state index contributed by atoms with van der Waals surface area (Å²) in [6.45, 7) is 6.81. The van der Waals surface area contributed by atoms with Gasteiger partial charge >= 0.3 is 0 Å². The summed E-state index contributed by atoms with van der Waals surface area (Å²) >= 11 is 0. The molecule has 0 atom stereocenters. The molecule has 1 N–H and O–H groups in total. The van der Waals surface area contributed by atoms with Gasteiger partial charge in [-0.2, -0.15) is 10.2 Å². The first-order valence-corrected chi connectivity index (χ1v) is 8.52. The number of nitrogens with zero attached hydrogens (tertiary/aromatic N) is 4. The first-order chi connectivity index (χ1) is 12.5. The second-order valence-electron chi connectivity index (χ2n) is 6.33. The van der Waals surface area contributed by atoms with Gasteiger partial charge in [-0.05, 0) is 38.5 Å². The first-order valence-electron chi connectivity index (χ1n) is 8.52. The summed E-state index contributed by atoms with van der Waals surface area (Å²) in [6.07, 6.45) is 5.58. The van der Waals surface area contributed by atoms with Crippen LogP contribution in [0.2, 0.25) is 0 Å². The number of hydrogen-bond donors (Lipinski definition) is 1. The van der Waals surface area contributed by atoms with Crippen LogP contribution in [0.5, 0.6) is 5.75 Å². The van der Waals surface area contributed by atoms with E-state index in [9.17, 15) is 4.79 Å². The Balaban J connectivity index is 1.48. The lowest BCUT2D eigenvalue weighted by atomic mass is 10.1. The number of amides is 1. The number of anilines is 1. The zero-order valence-electron chi connectivity index (χ0n) is 15.3. The van der Waals surface area contributed by atoms with Crippen LogP contribution in [0.3, 0.4) is 0 Å². The molecule has 2 heterocycles. The van der Waals surface area contributed by atoms with Gasteiger partial charge in [0, 0.05) is 19.2 Å². The molecule has 0 saturated carbocycles. The van der Waals surface area contributed by atoms with Gasteiger partial charge in [-0.3, -0.25) is 9.48 Å². The van der Waals surface area contributed by atoms with Gasteiger partial charge in [0.2, 0.25) is 5.91 Å². The summed E-state index contributed by atoms with van der Waals surface area (Å²) < 4.78 is 9.18. The van der Waals surface area contributed by atoms with Crippen LogP contribution in [0.25, 0.3) is 0 Å². The highest BCUT2D eigenvalue weighted by Gasteiger charge is 2.06. The molecule has 136 valence electrons. The number of rotatable bonds is 7. The standard InChI is InChI=1S/C19H23N5O2/c1-14-4-5-18(15(2)10-14)26-13-24-12-17(11-20-24)21-19(25)7-9-23-8-6-16(3)22-23/h4-6,8,10-12H,7,9,13H2,1-3H3,(H,21,25). The van der Waals surface area contributed by atoms with Crippen LogP contribution in [0.1, 0.15) is 23.2 Å². The highest BCUT2D eigenvalue weighted by atomic mass is 16.5. The Hall–Kier alpha value is -3.09. The van der Waals surface area contributed by atoms with Crippen molar-refractivity contribution in [2.75, 3.05) is 5.32 Å². The summed E-state index contributed by atoms with van der Waals surface area (Å²) in [6, 6.07) is 7.95. The third-order valence-corrected chi connectivity index (χ3v) is 3.94. The van der Waals surface area contributed by atoms with Gasteiger partial charge in [-0.1, -0.05) is 17.7 Å². The molecule has 0 fully saturated rings. The largest absolute Gasteiger partial charge is 0.471 e. The topological polar surface area (TPSA) is 74.0 Å². The molecule has 3 rings (SSSR count). The van der Waals surface area contributed by atoms with E-state index < -0.39 is 0 Å². The van der Waals surface area contributed by atoms with E-state index in [2.05, 4.69) is 21.6 Å². The Morgan fingerprint density at radius 2 is 2.04 bits per heavy atom. The Bertz CT molecular complexity index is 897. The van der Waals surface area contributed by atoms with Crippen molar-refractivity contribution in [3.63, 3.8) is 0 Å². The molecule has 7 nitrogen and oxygen atoms in total. The average Bonchev–Trinajstić information content (AvgIpc) is 3.21. The second-order valence-corrected chi connectivity index (χ2v) is 6.33. The summed E-state index contributed by atoms with van der Waals surface area (Å²) in [7, 11) is 0. The molecule has 0 spiro atoms. The highest BCUT2D eigenvalue weighted by Crippen LogP contribution is 2.19. The summed E-state index contributed by atoms with van der Waals surface area (Å²) in [5, 5.41) is 11.3. The molecular formula is C19H23N5O2. The first kappa shape index (κ1) is 17.7. The Morgan fingerprint density at radius 3 is 2.77 bits per heavy atom. The van der Waals surface area contributed by atoms with Crippen molar-refractivity contribution < 1.29 is 9.53 Å². The molecule has 1 amide bonds. The van der Waals surface area contributed by atoms with E-state index in [4.69, 9.17) is 4.74 Å². The zero-order valence-corrected chi connectivity index (χ0v) is 15.3. The molecule has 0 radical (unpaired) electrons. The monoisotopic (exact) mass is 353 g/mol. The molecule has 0 aliphatic rings.